The molecule has 0 aliphatic heterocycles. The van der Waals surface area contributed by atoms with Gasteiger partial charge in [-0.1, -0.05) is 42.5 Å². The van der Waals surface area contributed by atoms with Crippen LogP contribution in [0, 0.1) is 0 Å². The number of hydrogen-bond donors (Lipinski definition) is 1. The highest BCUT2D eigenvalue weighted by Gasteiger charge is 2.28. The van der Waals surface area contributed by atoms with E-state index in [-0.39, 0.29) is 18.0 Å². The summed E-state index contributed by atoms with van der Waals surface area (Å²) < 4.78 is 33.8. The van der Waals surface area contributed by atoms with Crippen LogP contribution in [0.4, 0.5) is 0 Å². The molecular weight excluding hydrogens is 416 g/mol. The summed E-state index contributed by atoms with van der Waals surface area (Å²) in [6, 6.07) is 19.3. The molecule has 4 aromatic rings. The highest BCUT2D eigenvalue weighted by molar-refractivity contribution is 7.89. The summed E-state index contributed by atoms with van der Waals surface area (Å²) in [5, 5.41) is 13.9. The molecule has 0 unspecified atom stereocenters. The highest BCUT2D eigenvalue weighted by atomic mass is 32.2. The Morgan fingerprint density at radius 3 is 2.42 bits per heavy atom. The minimum Gasteiger partial charge on any atom is -0.495 e. The first-order valence-electron chi connectivity index (χ1n) is 9.44. The number of pyridine rings is 1. The van der Waals surface area contributed by atoms with Crippen molar-refractivity contribution >= 4 is 10.0 Å². The summed E-state index contributed by atoms with van der Waals surface area (Å²) in [4.78, 5) is 4.40. The number of nitrogens with zero attached hydrogens (tertiary/aromatic N) is 5. The zero-order valence-corrected chi connectivity index (χ0v) is 17.5. The first-order valence-corrected chi connectivity index (χ1v) is 10.9. The smallest absolute Gasteiger partial charge is 0.247 e. The summed E-state index contributed by atoms with van der Waals surface area (Å²) >= 11 is 0. The molecule has 0 amide bonds. The van der Waals surface area contributed by atoms with E-state index in [1.807, 2.05) is 30.3 Å². The van der Waals surface area contributed by atoms with E-state index in [1.54, 1.807) is 42.6 Å². The lowest BCUT2D eigenvalue weighted by Crippen LogP contribution is -2.31. The molecule has 31 heavy (non-hydrogen) atoms. The number of nitrogens with one attached hydrogen (secondary N) is 1. The molecule has 0 saturated heterocycles. The molecule has 4 rings (SSSR count). The fraction of sp³-hybridized carbons (Fsp3) is 0.143. The molecule has 158 valence electrons. The van der Waals surface area contributed by atoms with Gasteiger partial charge in [0.2, 0.25) is 15.8 Å². The fourth-order valence-electron chi connectivity index (χ4n) is 3.12. The lowest BCUT2D eigenvalue weighted by molar-refractivity contribution is 0.380. The van der Waals surface area contributed by atoms with E-state index in [4.69, 9.17) is 4.74 Å². The Labute approximate surface area is 179 Å². The van der Waals surface area contributed by atoms with Gasteiger partial charge >= 0.3 is 0 Å². The van der Waals surface area contributed by atoms with Gasteiger partial charge in [0.1, 0.15) is 10.6 Å². The van der Waals surface area contributed by atoms with Crippen molar-refractivity contribution in [2.24, 2.45) is 0 Å². The number of para-hydroxylation sites is 1. The van der Waals surface area contributed by atoms with Crippen LogP contribution in [0.5, 0.6) is 5.75 Å². The van der Waals surface area contributed by atoms with Gasteiger partial charge in [0.05, 0.1) is 19.3 Å². The van der Waals surface area contributed by atoms with Gasteiger partial charge in [-0.15, -0.1) is 10.2 Å². The van der Waals surface area contributed by atoms with E-state index in [9.17, 15) is 8.42 Å². The van der Waals surface area contributed by atoms with Crippen LogP contribution >= 0.6 is 0 Å². The second-order valence-electron chi connectivity index (χ2n) is 6.68. The molecule has 2 aromatic carbocycles. The monoisotopic (exact) mass is 436 g/mol. The summed E-state index contributed by atoms with van der Waals surface area (Å²) in [5.74, 6) is 0.763. The van der Waals surface area contributed by atoms with E-state index in [1.165, 1.54) is 11.4 Å². The first-order chi connectivity index (χ1) is 15.1. The van der Waals surface area contributed by atoms with Gasteiger partial charge in [-0.05, 0) is 35.0 Å². The Kier molecular flexibility index (Phi) is 6.01. The Bertz CT molecular complexity index is 1230. The number of H-pyrrole nitrogens is 1. The fourth-order valence-corrected chi connectivity index (χ4v) is 4.67. The van der Waals surface area contributed by atoms with E-state index < -0.39 is 10.0 Å². The standard InChI is InChI=1S/C21H20N6O3S/c1-30-19-7-2-3-8-20(19)31(28,29)27(15-18-6-4-5-13-22-18)14-16-9-11-17(12-10-16)21-23-25-26-24-21/h2-13H,14-15H2,1H3,(H,23,24,25,26). The number of tetrazole rings is 1. The van der Waals surface area contributed by atoms with Crippen LogP contribution in [-0.2, 0) is 23.1 Å². The van der Waals surface area contributed by atoms with Crippen molar-refractivity contribution in [1.82, 2.24) is 29.9 Å². The minimum atomic E-state index is -3.86. The molecule has 0 radical (unpaired) electrons. The van der Waals surface area contributed by atoms with Crippen LogP contribution in [0.2, 0.25) is 0 Å². The van der Waals surface area contributed by atoms with Crippen molar-refractivity contribution in [2.75, 3.05) is 7.11 Å². The number of methoxy groups -OCH3 is 1. The van der Waals surface area contributed by atoms with Gasteiger partial charge in [0.15, 0.2) is 0 Å². The van der Waals surface area contributed by atoms with Gasteiger partial charge in [-0.2, -0.15) is 9.52 Å². The second-order valence-corrected chi connectivity index (χ2v) is 8.58. The maximum atomic E-state index is 13.6. The topological polar surface area (TPSA) is 114 Å². The van der Waals surface area contributed by atoms with Crippen LogP contribution in [-0.4, -0.2) is 45.4 Å². The van der Waals surface area contributed by atoms with Gasteiger partial charge in [-0.25, -0.2) is 8.42 Å². The van der Waals surface area contributed by atoms with Gasteiger partial charge in [-0.3, -0.25) is 4.98 Å². The maximum absolute atomic E-state index is 13.6. The lowest BCUT2D eigenvalue weighted by atomic mass is 10.1. The average Bonchev–Trinajstić information content (AvgIpc) is 3.35. The van der Waals surface area contributed by atoms with E-state index in [0.29, 0.717) is 17.3 Å². The summed E-state index contributed by atoms with van der Waals surface area (Å²) in [6.45, 7) is 0.275. The molecule has 0 saturated carbocycles. The van der Waals surface area contributed by atoms with Crippen LogP contribution in [0.1, 0.15) is 11.3 Å². The third-order valence-corrected chi connectivity index (χ3v) is 6.50. The number of aromatic amines is 1. The summed E-state index contributed by atoms with van der Waals surface area (Å²) in [6.07, 6.45) is 1.64. The molecule has 0 aliphatic rings. The predicted octanol–water partition coefficient (Wildman–Crippen LogP) is 2.66. The zero-order chi connectivity index (χ0) is 21.7. The maximum Gasteiger partial charge on any atom is 0.247 e. The Morgan fingerprint density at radius 1 is 0.968 bits per heavy atom. The number of hydrogen-bond acceptors (Lipinski definition) is 7. The van der Waals surface area contributed by atoms with E-state index in [2.05, 4.69) is 25.6 Å². The quantitative estimate of drug-likeness (QED) is 0.452. The largest absolute Gasteiger partial charge is 0.495 e. The highest BCUT2D eigenvalue weighted by Crippen LogP contribution is 2.28. The summed E-state index contributed by atoms with van der Waals surface area (Å²) in [5.41, 5.74) is 2.23. The van der Waals surface area contributed by atoms with Crippen molar-refractivity contribution in [1.29, 1.82) is 0 Å². The molecule has 1 N–H and O–H groups in total. The molecule has 0 atom stereocenters. The van der Waals surface area contributed by atoms with Crippen molar-refractivity contribution in [3.05, 3.63) is 84.2 Å². The number of rotatable bonds is 8. The first kappa shape index (κ1) is 20.6. The molecule has 2 heterocycles. The van der Waals surface area contributed by atoms with Gasteiger partial charge in [0.25, 0.3) is 0 Å². The molecule has 2 aromatic heterocycles. The molecule has 0 spiro atoms. The number of aromatic nitrogens is 5. The van der Waals surface area contributed by atoms with Gasteiger partial charge in [0, 0.05) is 18.3 Å². The van der Waals surface area contributed by atoms with Crippen LogP contribution < -0.4 is 4.74 Å². The third kappa shape index (κ3) is 4.60. The Balaban J connectivity index is 1.67. The van der Waals surface area contributed by atoms with E-state index in [0.717, 1.165) is 11.1 Å². The van der Waals surface area contributed by atoms with Crippen LogP contribution in [0.3, 0.4) is 0 Å². The van der Waals surface area contributed by atoms with Crippen molar-refractivity contribution in [3.63, 3.8) is 0 Å². The SMILES string of the molecule is COc1ccccc1S(=O)(=O)N(Cc1ccc(-c2nn[nH]n2)cc1)Cc1ccccn1. The molecule has 9 nitrogen and oxygen atoms in total. The molecule has 10 heteroatoms. The minimum absolute atomic E-state index is 0.108. The van der Waals surface area contributed by atoms with Crippen LogP contribution in [0.25, 0.3) is 11.4 Å². The number of benzene rings is 2. The lowest BCUT2D eigenvalue weighted by Gasteiger charge is -2.23. The molecular formula is C21H20N6O3S. The molecule has 0 fully saturated rings. The Hall–Kier alpha value is -3.63. The van der Waals surface area contributed by atoms with Crippen molar-refractivity contribution in [2.45, 2.75) is 18.0 Å². The van der Waals surface area contributed by atoms with Crippen LogP contribution in [0.15, 0.2) is 77.8 Å². The molecule has 0 bridgehead atoms. The third-order valence-electron chi connectivity index (χ3n) is 4.67. The second kappa shape index (κ2) is 9.02. The Morgan fingerprint density at radius 2 is 1.74 bits per heavy atom. The number of sulfonamides is 1. The van der Waals surface area contributed by atoms with Crippen molar-refractivity contribution in [3.8, 4) is 17.1 Å². The van der Waals surface area contributed by atoms with Gasteiger partial charge < -0.3 is 4.74 Å². The molecule has 0 aliphatic carbocycles. The summed E-state index contributed by atoms with van der Waals surface area (Å²) in [7, 11) is -2.41. The van der Waals surface area contributed by atoms with Crippen molar-refractivity contribution < 1.29 is 13.2 Å². The predicted molar refractivity (Wildman–Crippen MR) is 113 cm³/mol. The van der Waals surface area contributed by atoms with E-state index >= 15 is 0 Å². The normalized spacial score (nSPS) is 11.5. The average molecular weight is 436 g/mol. The number of ether oxygens (including phenoxy) is 1. The zero-order valence-electron chi connectivity index (χ0n) is 16.7.